The molecular formula is C17H11Cl2N5O. The highest BCUT2D eigenvalue weighted by molar-refractivity contribution is 6.40. The van der Waals surface area contributed by atoms with Gasteiger partial charge in [0, 0.05) is 0 Å². The number of amides is 1. The first-order valence-corrected chi connectivity index (χ1v) is 8.13. The lowest BCUT2D eigenvalue weighted by atomic mass is 10.2. The number of carbonyl (C=O) groups is 1. The van der Waals surface area contributed by atoms with Crippen LogP contribution >= 0.6 is 23.2 Å². The summed E-state index contributed by atoms with van der Waals surface area (Å²) in [6.45, 7) is 0. The maximum absolute atomic E-state index is 12.6. The lowest BCUT2D eigenvalue weighted by Gasteiger charge is -2.07. The number of benzene rings is 2. The zero-order valence-electron chi connectivity index (χ0n) is 12.7. The third-order valence-corrected chi connectivity index (χ3v) is 4.33. The molecule has 0 spiro atoms. The summed E-state index contributed by atoms with van der Waals surface area (Å²) in [5.41, 5.74) is 2.95. The molecule has 3 N–H and O–H groups in total. The van der Waals surface area contributed by atoms with E-state index >= 15 is 0 Å². The van der Waals surface area contributed by atoms with Gasteiger partial charge in [-0.25, -0.2) is 4.98 Å². The summed E-state index contributed by atoms with van der Waals surface area (Å²) in [5.74, 6) is 0.147. The van der Waals surface area contributed by atoms with Gasteiger partial charge in [0.1, 0.15) is 5.69 Å². The summed E-state index contributed by atoms with van der Waals surface area (Å²) in [5, 5.41) is 10.2. The van der Waals surface area contributed by atoms with Crippen LogP contribution in [0.4, 0.5) is 5.69 Å². The van der Waals surface area contributed by atoms with Gasteiger partial charge in [-0.3, -0.25) is 9.89 Å². The van der Waals surface area contributed by atoms with Crippen molar-refractivity contribution in [3.05, 3.63) is 64.3 Å². The molecule has 4 aromatic rings. The van der Waals surface area contributed by atoms with E-state index in [1.807, 2.05) is 24.3 Å². The van der Waals surface area contributed by atoms with Crippen molar-refractivity contribution >= 4 is 45.8 Å². The summed E-state index contributed by atoms with van der Waals surface area (Å²) < 4.78 is 0. The fraction of sp³-hybridized carbons (Fsp3) is 0. The normalized spacial score (nSPS) is 11.0. The first-order chi connectivity index (χ1) is 12.1. The minimum absolute atomic E-state index is 0.211. The molecule has 0 bridgehead atoms. The van der Waals surface area contributed by atoms with Crippen LogP contribution in [0.25, 0.3) is 22.6 Å². The Morgan fingerprint density at radius 2 is 1.80 bits per heavy atom. The number of hydrogen-bond donors (Lipinski definition) is 3. The molecule has 0 radical (unpaired) electrons. The zero-order valence-corrected chi connectivity index (χ0v) is 14.2. The molecule has 0 unspecified atom stereocenters. The van der Waals surface area contributed by atoms with Gasteiger partial charge in [0.2, 0.25) is 0 Å². The summed E-state index contributed by atoms with van der Waals surface area (Å²) in [6, 6.07) is 12.5. The van der Waals surface area contributed by atoms with Gasteiger partial charge in [-0.2, -0.15) is 5.10 Å². The molecule has 124 valence electrons. The molecule has 0 fully saturated rings. The molecule has 6 nitrogen and oxygen atoms in total. The molecule has 1 amide bonds. The summed E-state index contributed by atoms with van der Waals surface area (Å²) in [4.78, 5) is 20.2. The van der Waals surface area contributed by atoms with Crippen LogP contribution < -0.4 is 5.32 Å². The fourth-order valence-electron chi connectivity index (χ4n) is 2.53. The molecule has 2 heterocycles. The smallest absolute Gasteiger partial charge is 0.258 e. The summed E-state index contributed by atoms with van der Waals surface area (Å²) in [7, 11) is 0. The molecule has 25 heavy (non-hydrogen) atoms. The highest BCUT2D eigenvalue weighted by atomic mass is 35.5. The Labute approximate surface area is 152 Å². The van der Waals surface area contributed by atoms with Crippen LogP contribution in [0.15, 0.2) is 48.7 Å². The van der Waals surface area contributed by atoms with Gasteiger partial charge in [-0.05, 0) is 24.3 Å². The van der Waals surface area contributed by atoms with Gasteiger partial charge in [0.05, 0.1) is 38.5 Å². The third kappa shape index (κ3) is 2.86. The van der Waals surface area contributed by atoms with Crippen LogP contribution in [0.1, 0.15) is 10.4 Å². The second-order valence-electron chi connectivity index (χ2n) is 5.31. The maximum Gasteiger partial charge on any atom is 0.258 e. The summed E-state index contributed by atoms with van der Waals surface area (Å²) in [6.07, 6.45) is 1.51. The lowest BCUT2D eigenvalue weighted by molar-refractivity contribution is 0.102. The average Bonchev–Trinajstić information content (AvgIpc) is 3.20. The Morgan fingerprint density at radius 1 is 1.04 bits per heavy atom. The van der Waals surface area contributed by atoms with Crippen molar-refractivity contribution in [2.45, 2.75) is 0 Å². The van der Waals surface area contributed by atoms with E-state index in [0.717, 1.165) is 11.0 Å². The van der Waals surface area contributed by atoms with Crippen LogP contribution in [-0.4, -0.2) is 26.1 Å². The number of rotatable bonds is 3. The van der Waals surface area contributed by atoms with Crippen molar-refractivity contribution in [3.63, 3.8) is 0 Å². The quantitative estimate of drug-likeness (QED) is 0.495. The highest BCUT2D eigenvalue weighted by Crippen LogP contribution is 2.28. The number of aromatic amines is 2. The number of aromatic nitrogens is 4. The number of carbonyl (C=O) groups excluding carboxylic acids is 1. The fourth-order valence-corrected chi connectivity index (χ4v) is 3.10. The molecule has 0 saturated carbocycles. The Kier molecular flexibility index (Phi) is 3.91. The largest absolute Gasteiger partial charge is 0.337 e. The monoisotopic (exact) mass is 371 g/mol. The molecule has 0 aliphatic carbocycles. The number of nitrogens with zero attached hydrogens (tertiary/aromatic N) is 2. The van der Waals surface area contributed by atoms with E-state index in [2.05, 4.69) is 25.5 Å². The standard InChI is InChI=1S/C17H11Cl2N5O/c18-9-4-3-5-10(19)14(9)17(25)23-13-8-20-24-15(13)16-21-11-6-1-2-7-12(11)22-16/h1-8H,(H,20,24)(H,21,22)(H,23,25). The van der Waals surface area contributed by atoms with Crippen molar-refractivity contribution in [2.75, 3.05) is 5.32 Å². The first-order valence-electron chi connectivity index (χ1n) is 7.37. The van der Waals surface area contributed by atoms with Crippen molar-refractivity contribution in [1.82, 2.24) is 20.2 Å². The number of hydrogen-bond acceptors (Lipinski definition) is 3. The average molecular weight is 372 g/mol. The van der Waals surface area contributed by atoms with Crippen LogP contribution in [0.3, 0.4) is 0 Å². The van der Waals surface area contributed by atoms with Gasteiger partial charge in [0.25, 0.3) is 5.91 Å². The van der Waals surface area contributed by atoms with Crippen LogP contribution in [-0.2, 0) is 0 Å². The van der Waals surface area contributed by atoms with Crippen molar-refractivity contribution in [2.24, 2.45) is 0 Å². The molecule has 0 aliphatic rings. The van der Waals surface area contributed by atoms with E-state index in [1.54, 1.807) is 18.2 Å². The molecular weight excluding hydrogens is 361 g/mol. The SMILES string of the molecule is O=C(Nc1cn[nH]c1-c1nc2ccccc2[nH]1)c1c(Cl)cccc1Cl. The van der Waals surface area contributed by atoms with E-state index in [9.17, 15) is 4.79 Å². The molecule has 0 saturated heterocycles. The van der Waals surface area contributed by atoms with Gasteiger partial charge < -0.3 is 10.3 Å². The topological polar surface area (TPSA) is 86.5 Å². The van der Waals surface area contributed by atoms with E-state index in [4.69, 9.17) is 23.2 Å². The number of imidazole rings is 1. The molecule has 0 atom stereocenters. The van der Waals surface area contributed by atoms with Gasteiger partial charge in [0.15, 0.2) is 5.82 Å². The van der Waals surface area contributed by atoms with E-state index in [0.29, 0.717) is 17.2 Å². The number of anilines is 1. The third-order valence-electron chi connectivity index (χ3n) is 3.70. The molecule has 8 heteroatoms. The molecule has 2 aromatic heterocycles. The second kappa shape index (κ2) is 6.23. The van der Waals surface area contributed by atoms with Crippen molar-refractivity contribution in [3.8, 4) is 11.5 Å². The number of fused-ring (bicyclic) bond motifs is 1. The molecule has 4 rings (SSSR count). The number of H-pyrrole nitrogens is 2. The van der Waals surface area contributed by atoms with E-state index in [-0.39, 0.29) is 15.6 Å². The van der Waals surface area contributed by atoms with Gasteiger partial charge >= 0.3 is 0 Å². The number of para-hydroxylation sites is 2. The van der Waals surface area contributed by atoms with Gasteiger partial charge in [-0.1, -0.05) is 41.4 Å². The van der Waals surface area contributed by atoms with Crippen LogP contribution in [0.5, 0.6) is 0 Å². The Hall–Kier alpha value is -2.83. The van der Waals surface area contributed by atoms with Gasteiger partial charge in [-0.15, -0.1) is 0 Å². The predicted octanol–water partition coefficient (Wildman–Crippen LogP) is 4.51. The summed E-state index contributed by atoms with van der Waals surface area (Å²) >= 11 is 12.2. The van der Waals surface area contributed by atoms with Crippen LogP contribution in [0.2, 0.25) is 10.0 Å². The predicted molar refractivity (Wildman–Crippen MR) is 98.1 cm³/mol. The minimum atomic E-state index is -0.422. The number of halogens is 2. The Morgan fingerprint density at radius 3 is 2.56 bits per heavy atom. The van der Waals surface area contributed by atoms with Crippen molar-refractivity contribution in [1.29, 1.82) is 0 Å². The zero-order chi connectivity index (χ0) is 17.4. The first kappa shape index (κ1) is 15.7. The van der Waals surface area contributed by atoms with Crippen LogP contribution in [0, 0.1) is 0 Å². The highest BCUT2D eigenvalue weighted by Gasteiger charge is 2.18. The lowest BCUT2D eigenvalue weighted by Crippen LogP contribution is -2.13. The number of nitrogens with one attached hydrogen (secondary N) is 3. The maximum atomic E-state index is 12.6. The van der Waals surface area contributed by atoms with E-state index in [1.165, 1.54) is 6.20 Å². The van der Waals surface area contributed by atoms with E-state index < -0.39 is 5.91 Å². The van der Waals surface area contributed by atoms with Crippen molar-refractivity contribution < 1.29 is 4.79 Å². The molecule has 0 aliphatic heterocycles. The Bertz CT molecular complexity index is 1030. The Balaban J connectivity index is 1.69. The minimum Gasteiger partial charge on any atom is -0.337 e. The molecule has 2 aromatic carbocycles. The second-order valence-corrected chi connectivity index (χ2v) is 6.13.